The van der Waals surface area contributed by atoms with Crippen molar-refractivity contribution in [2.75, 3.05) is 90.4 Å². The summed E-state index contributed by atoms with van der Waals surface area (Å²) in [6.07, 6.45) is 7.15. The van der Waals surface area contributed by atoms with E-state index >= 15 is 0 Å². The fourth-order valence-electron chi connectivity index (χ4n) is 16.8. The third kappa shape index (κ3) is 23.1. The van der Waals surface area contributed by atoms with Crippen LogP contribution in [0.15, 0.2) is 188 Å². The molecule has 140 heavy (non-hydrogen) atoms. The van der Waals surface area contributed by atoms with Crippen LogP contribution >= 0.6 is 70.1 Å². The predicted molar refractivity (Wildman–Crippen MR) is 545 cm³/mol. The van der Waals surface area contributed by atoms with Gasteiger partial charge in [-0.3, -0.25) is 30.4 Å². The van der Waals surface area contributed by atoms with Gasteiger partial charge in [0.1, 0.15) is 64.0 Å². The molecule has 10 N–H and O–H groups in total. The summed E-state index contributed by atoms with van der Waals surface area (Å²) in [4.78, 5) is 66.5. The third-order valence-corrected chi connectivity index (χ3v) is 27.8. The maximum Gasteiger partial charge on any atom is 0.417 e. The zero-order chi connectivity index (χ0) is 96.2. The van der Waals surface area contributed by atoms with Crippen LogP contribution in [0.25, 0.3) is 89.6 Å². The van der Waals surface area contributed by atoms with Gasteiger partial charge in [0.25, 0.3) is 0 Å². The average Bonchev–Trinajstić information content (AvgIpc) is 1.73. The van der Waals surface area contributed by atoms with Gasteiger partial charge in [0.15, 0.2) is 51.9 Å². The van der Waals surface area contributed by atoms with Crippen LogP contribution in [0.2, 0.25) is 15.1 Å². The third-order valence-electron chi connectivity index (χ3n) is 24.0. The highest BCUT2D eigenvalue weighted by Gasteiger charge is 2.36. The lowest BCUT2D eigenvalue weighted by atomic mass is 9.88. The summed E-state index contributed by atoms with van der Waals surface area (Å²) >= 11 is 24.7. The molecule has 714 valence electrons. The van der Waals surface area contributed by atoms with Gasteiger partial charge in [0, 0.05) is 192 Å². The summed E-state index contributed by atoms with van der Waals surface area (Å²) in [5.41, 5.74) is 11.6. The van der Waals surface area contributed by atoms with Crippen molar-refractivity contribution in [2.24, 2.45) is 0 Å². The number of aryl methyl sites for hydroxylation is 2. The quantitative estimate of drug-likeness (QED) is 0.0299. The van der Waals surface area contributed by atoms with Crippen molar-refractivity contribution in [1.82, 2.24) is 130 Å². The van der Waals surface area contributed by atoms with E-state index in [1.165, 1.54) is 62.4 Å². The fraction of sp³-hybridized carbons (Fsp3) is 0.265. The van der Waals surface area contributed by atoms with Crippen LogP contribution in [0.1, 0.15) is 102 Å². The molecule has 5 aromatic carbocycles. The summed E-state index contributed by atoms with van der Waals surface area (Å²) in [6.45, 7) is 15.3. The number of likely N-dealkylation sites (N-methyl/N-ethyl adjacent to an activating group) is 1. The number of aromatic nitrogens is 23. The van der Waals surface area contributed by atoms with Gasteiger partial charge in [-0.15, -0.1) is 0 Å². The molecule has 17 heterocycles. The van der Waals surface area contributed by atoms with E-state index in [2.05, 4.69) is 139 Å². The smallest absolute Gasteiger partial charge is 0.325 e. The minimum Gasteiger partial charge on any atom is -0.325 e. The number of halogens is 8. The van der Waals surface area contributed by atoms with Crippen LogP contribution in [0.3, 0.4) is 0 Å². The molecule has 0 bridgehead atoms. The molecule has 5 aliphatic rings. The van der Waals surface area contributed by atoms with Crippen molar-refractivity contribution in [3.63, 3.8) is 0 Å². The molecule has 2 saturated heterocycles. The molecule has 0 spiro atoms. The molecule has 0 atom stereocenters. The fourth-order valence-corrected chi connectivity index (χ4v) is 20.5. The van der Waals surface area contributed by atoms with Crippen molar-refractivity contribution in [3.05, 3.63) is 272 Å². The number of thioether (sulfide) groups is 3. The number of alkyl halides is 3. The first kappa shape index (κ1) is 95.4. The van der Waals surface area contributed by atoms with Gasteiger partial charge in [0.2, 0.25) is 0 Å². The monoisotopic (exact) mass is 2000 g/mol. The maximum absolute atomic E-state index is 13.8. The lowest BCUT2D eigenvalue weighted by molar-refractivity contribution is -0.137. The van der Waals surface area contributed by atoms with E-state index in [-0.39, 0.29) is 17.2 Å². The molecule has 0 amide bonds. The Bertz CT molecular complexity index is 7430. The zero-order valence-electron chi connectivity index (χ0n) is 76.0. The van der Waals surface area contributed by atoms with Crippen molar-refractivity contribution in [1.29, 1.82) is 0 Å². The molecule has 31 nitrogen and oxygen atoms in total. The first-order chi connectivity index (χ1) is 68.2. The molecule has 4 aliphatic heterocycles. The Morgan fingerprint density at radius 1 is 0.421 bits per heavy atom. The second kappa shape index (κ2) is 43.9. The number of H-pyrrole nitrogens is 5. The van der Waals surface area contributed by atoms with Crippen LogP contribution in [0, 0.1) is 25.5 Å². The molecular weight excluding hydrogens is 1910 g/mol. The second-order valence-corrected chi connectivity index (χ2v) is 38.1. The number of hydrogen-bond donors (Lipinski definition) is 10. The highest BCUT2D eigenvalue weighted by molar-refractivity contribution is 7.99. The zero-order valence-corrected chi connectivity index (χ0v) is 80.7. The standard InChI is InChI=1S/C24H26ClFN8.C22H20ClFN6S.C19H13F3N6S.C18H13ClN6S.C15H21N5/c1-2-33-9-11-34(12-10-33)8-7-17-14-21(29-23(28-17)18-5-3-4-6-20(18)25)30-24-19-13-16(26)15-27-22(19)31-32-24;23-18-4-2-1-3-16(18)21-25-15(13-30-7-9-31-10-8-30)12-20(26-21)27-22-17-11-14(24)5-6-19(17)28-29-22;20-19(21,22)13-6-2-1-4-10(13)16-24-14-9-29-8-12(14)17(25-16)26-18-11-5-3-7-23-15(11)27-28-18;19-13-6-2-1-4-10(13)16-21-14-9-26-8-12(14)17(22-16)23-18-11-5-3-7-20-15(11)24-25-18;1-10-8-13(17-14-9-11(2)19-20-14)18-15(16-10)12-6-4-3-5-7-12/h3-6,13-15H,2,7-12H2,1H3,(H2,27,28,29,30,31,32);1-6,11-12H,7-10,13H2,(H2,25,26,27,28,29);1-7H,8-9H2,(H2,23,24,25,26,27,28);1-7H,8-9H2,(H2,20,21,22,23,24,25);8-9,12H,3-7H2,1-2H3,(H2,16,17,18,19,20). The lowest BCUT2D eigenvalue weighted by Crippen LogP contribution is -2.46. The van der Waals surface area contributed by atoms with E-state index in [0.717, 1.165) is 208 Å². The lowest BCUT2D eigenvalue weighted by Gasteiger charge is -2.33. The van der Waals surface area contributed by atoms with Gasteiger partial charge < -0.3 is 36.4 Å². The Hall–Kier alpha value is -13.5. The van der Waals surface area contributed by atoms with Crippen molar-refractivity contribution >= 4 is 172 Å². The second-order valence-electron chi connectivity index (χ2n) is 33.6. The molecule has 23 rings (SSSR count). The number of anilines is 10. The van der Waals surface area contributed by atoms with Crippen molar-refractivity contribution in [3.8, 4) is 45.6 Å². The minimum absolute atomic E-state index is 0.0427. The Morgan fingerprint density at radius 3 is 1.55 bits per heavy atom. The number of pyridine rings is 3. The number of hydrogen-bond acceptors (Lipinski definition) is 29. The van der Waals surface area contributed by atoms with Gasteiger partial charge in [0.05, 0.1) is 65.6 Å². The molecule has 0 radical (unpaired) electrons. The van der Waals surface area contributed by atoms with Gasteiger partial charge in [-0.1, -0.05) is 116 Å². The van der Waals surface area contributed by atoms with Crippen molar-refractivity contribution < 1.29 is 22.0 Å². The Balaban J connectivity index is 0.000000112. The normalized spacial score (nSPS) is 14.5. The number of piperazine rings is 1. The maximum atomic E-state index is 13.8. The highest BCUT2D eigenvalue weighted by atomic mass is 35.5. The van der Waals surface area contributed by atoms with E-state index in [1.54, 1.807) is 42.4 Å². The van der Waals surface area contributed by atoms with Crippen LogP contribution < -0.4 is 26.6 Å². The van der Waals surface area contributed by atoms with E-state index < -0.39 is 17.6 Å². The molecule has 42 heteroatoms. The van der Waals surface area contributed by atoms with Gasteiger partial charge in [-0.25, -0.2) is 73.6 Å². The molecule has 3 fully saturated rings. The van der Waals surface area contributed by atoms with Crippen LogP contribution in [0.4, 0.5) is 80.1 Å². The van der Waals surface area contributed by atoms with E-state index in [0.29, 0.717) is 113 Å². The summed E-state index contributed by atoms with van der Waals surface area (Å²) in [6, 6.07) is 49.2. The molecule has 0 unspecified atom stereocenters. The Kier molecular flexibility index (Phi) is 29.9. The van der Waals surface area contributed by atoms with Crippen LogP contribution in [0.5, 0.6) is 0 Å². The summed E-state index contributed by atoms with van der Waals surface area (Å²) in [5, 5.41) is 56.6. The number of nitrogens with one attached hydrogen (secondary N) is 10. The summed E-state index contributed by atoms with van der Waals surface area (Å²) in [7, 11) is 0. The van der Waals surface area contributed by atoms with Crippen molar-refractivity contribution in [2.45, 2.75) is 101 Å². The number of benzene rings is 5. The highest BCUT2D eigenvalue weighted by Crippen LogP contribution is 2.43. The van der Waals surface area contributed by atoms with Crippen LogP contribution in [-0.4, -0.2) is 194 Å². The van der Waals surface area contributed by atoms with E-state index in [9.17, 15) is 22.0 Å². The van der Waals surface area contributed by atoms with Gasteiger partial charge in [-0.2, -0.15) is 74.0 Å². The number of rotatable bonds is 21. The Labute approximate surface area is 827 Å². The number of aromatic amines is 5. The molecule has 1 aliphatic carbocycles. The summed E-state index contributed by atoms with van der Waals surface area (Å²) < 4.78 is 68.0. The first-order valence-electron chi connectivity index (χ1n) is 45.6. The number of fused-ring (bicyclic) bond motifs is 6. The Morgan fingerprint density at radius 2 is 0.957 bits per heavy atom. The first-order valence-corrected chi connectivity index (χ1v) is 50.2. The van der Waals surface area contributed by atoms with Gasteiger partial charge in [-0.05, 0) is 124 Å². The molecule has 1 saturated carbocycles. The number of nitrogens with zero attached hydrogens (tertiary/aromatic N) is 21. The SMILES string of the molecule is CCN1CCN(CCc2cc(Nc3[nH]nc4ncc(F)cc34)nc(-c3ccccc3Cl)n2)CC1.Cc1cc(Nc2cc(C)[nH]n2)nc(C2CCCCC2)n1.Clc1ccccc1-c1nc2c(c(Nc3[nH]nc4ncccc34)n1)CSC2.FC(F)(F)c1ccccc1-c1nc2c(c(Nc3[nH]nc4ncccc34)n1)CSC2.Fc1ccc2[nH]nc(Nc3cc(CN4CCSCC4)nc(-c4ccccc4Cl)n3)c2c1. The summed E-state index contributed by atoms with van der Waals surface area (Å²) in [5.74, 6) is 14.3. The molecule has 18 aromatic rings. The van der Waals surface area contributed by atoms with Gasteiger partial charge >= 0.3 is 6.18 Å². The van der Waals surface area contributed by atoms with E-state index in [1.807, 2.05) is 153 Å². The molecule has 13 aromatic heterocycles. The minimum atomic E-state index is -4.49. The van der Waals surface area contributed by atoms with E-state index in [4.69, 9.17) is 59.7 Å². The largest absolute Gasteiger partial charge is 0.417 e. The molecular formula is C98H93Cl3F5N31S3. The topological polar surface area (TPSA) is 381 Å². The average molecular weight is 2000 g/mol. The predicted octanol–water partition coefficient (Wildman–Crippen LogP) is 22.3. The van der Waals surface area contributed by atoms with Crippen LogP contribution in [-0.2, 0) is 42.2 Å².